The van der Waals surface area contributed by atoms with Crippen LogP contribution in [0.1, 0.15) is 87.0 Å². The number of amides is 2. The van der Waals surface area contributed by atoms with E-state index in [0.29, 0.717) is 28.6 Å². The zero-order chi connectivity index (χ0) is 57.4. The number of nitro groups is 1. The number of anilines is 2. The smallest absolute Gasteiger partial charge is 0.463 e. The van der Waals surface area contributed by atoms with Crippen molar-refractivity contribution in [2.24, 2.45) is 5.92 Å². The molecule has 4 aromatic heterocycles. The van der Waals surface area contributed by atoms with E-state index in [1.54, 1.807) is 102 Å². The molecule has 4 N–H and O–H groups in total. The minimum Gasteiger partial charge on any atom is -0.463 e. The number of rotatable bonds is 17. The van der Waals surface area contributed by atoms with E-state index in [9.17, 15) is 39.5 Å². The van der Waals surface area contributed by atoms with E-state index in [-0.39, 0.29) is 59.3 Å². The molecule has 11 rings (SSSR count). The van der Waals surface area contributed by atoms with Crippen molar-refractivity contribution in [3.05, 3.63) is 166 Å². The number of aliphatic hydroxyl groups is 2. The fraction of sp³-hybridized carbons (Fsp3) is 0.333. The summed E-state index contributed by atoms with van der Waals surface area (Å²) in [6.45, 7) is -0.156. The Morgan fingerprint density at radius 1 is 0.675 bits per heavy atom. The summed E-state index contributed by atoms with van der Waals surface area (Å²) in [4.78, 5) is 92.1. The maximum Gasteiger partial charge on any atom is 0.473 e. The largest absolute Gasteiger partial charge is 0.473 e. The number of ether oxygens (including phenoxy) is 7. The Hall–Kier alpha value is -9.18. The number of benzene rings is 4. The van der Waals surface area contributed by atoms with Crippen LogP contribution in [0.3, 0.4) is 0 Å². The van der Waals surface area contributed by atoms with Gasteiger partial charge in [-0.25, -0.2) is 24.5 Å². The average molecular weight is 1140 g/mol. The molecular formula is C57H59N11O15. The van der Waals surface area contributed by atoms with E-state index in [1.807, 2.05) is 0 Å². The Morgan fingerprint density at radius 2 is 1.18 bits per heavy atom. The molecule has 8 aromatic rings. The third-order valence-electron chi connectivity index (χ3n) is 14.1. The van der Waals surface area contributed by atoms with Crippen molar-refractivity contribution in [2.45, 2.75) is 82.2 Å². The van der Waals surface area contributed by atoms with Crippen molar-refractivity contribution in [3.8, 4) is 6.01 Å². The van der Waals surface area contributed by atoms with Gasteiger partial charge in [0.05, 0.1) is 30.7 Å². The van der Waals surface area contributed by atoms with Crippen LogP contribution in [0.5, 0.6) is 6.01 Å². The quantitative estimate of drug-likeness (QED) is 0.0401. The molecule has 0 radical (unpaired) electrons. The highest BCUT2D eigenvalue weighted by Crippen LogP contribution is 2.39. The van der Waals surface area contributed by atoms with Gasteiger partial charge in [-0.2, -0.15) is 9.97 Å². The van der Waals surface area contributed by atoms with Crippen LogP contribution in [0.15, 0.2) is 134 Å². The highest BCUT2D eigenvalue weighted by Gasteiger charge is 2.51. The van der Waals surface area contributed by atoms with Gasteiger partial charge in [0.2, 0.25) is 5.65 Å². The molecule has 1 saturated carbocycles. The molecule has 432 valence electrons. The first-order valence-electron chi connectivity index (χ1n) is 26.0. The molecular weight excluding hydrogens is 1080 g/mol. The summed E-state index contributed by atoms with van der Waals surface area (Å²) in [7, 11) is 2.81. The number of methoxy groups -OCH3 is 2. The van der Waals surface area contributed by atoms with Crippen molar-refractivity contribution < 1.29 is 67.5 Å². The topological polar surface area (TPSA) is 333 Å². The third kappa shape index (κ3) is 12.4. The highest BCUT2D eigenvalue weighted by atomic mass is 16.6. The molecule has 26 nitrogen and oxygen atoms in total. The number of aliphatic hydroxyl groups excluding tert-OH is 2. The van der Waals surface area contributed by atoms with E-state index in [0.717, 1.165) is 12.8 Å². The lowest BCUT2D eigenvalue weighted by atomic mass is 10.1. The molecule has 3 fully saturated rings. The maximum atomic E-state index is 14.1. The van der Waals surface area contributed by atoms with Crippen LogP contribution in [-0.4, -0.2) is 149 Å². The van der Waals surface area contributed by atoms with Crippen LogP contribution in [0.2, 0.25) is 0 Å². The minimum atomic E-state index is -1.26. The first kappa shape index (κ1) is 58.5. The summed E-state index contributed by atoms with van der Waals surface area (Å²) < 4.78 is 43.5. The Balaban J connectivity index is 0.000000247. The number of carbonyl (C=O) groups excluding carboxylic acids is 4. The van der Waals surface area contributed by atoms with Crippen LogP contribution in [0.4, 0.5) is 17.6 Å². The summed E-state index contributed by atoms with van der Waals surface area (Å²) in [6.07, 6.45) is -0.319. The number of hydrogen-bond donors (Lipinski definition) is 3. The molecule has 8 atom stereocenters. The fourth-order valence-electron chi connectivity index (χ4n) is 9.94. The standard InChI is InChI=1S/C39H30N6O10.C17H25N5O5.CH4/c1-52-31-30(55-38(49)27-20-12-5-13-21-27)28(22-53-37(48)26-18-10-4-11-19-26)54-36(31)43-23-40-29-32(43)41-39(45(50)51)42-33(29)44(34(46)24-14-6-2-7-15-24)35(47)25-16-8-3-9-17-25;1-25-13-12(24)10(6-23)27-16(13)22-8-19-11-14(18)20-17(21-15(11)22)26-7-9-4-2-3-5-9;/h2-21,23,28,30-31,36H,22H2,1H3;8-10,12-13,16,23-24H,2-7H2,1H3,(H2,18,20,21);1H4/t28-,30-,31-,36-;10-,12-,13-,16-;/m11./s1. The summed E-state index contributed by atoms with van der Waals surface area (Å²) in [5.41, 5.74) is 7.18. The number of imide groups is 1. The van der Waals surface area contributed by atoms with Gasteiger partial charge < -0.3 is 59.2 Å². The maximum absolute atomic E-state index is 14.1. The van der Waals surface area contributed by atoms with E-state index < -0.39 is 96.1 Å². The van der Waals surface area contributed by atoms with Crippen LogP contribution < -0.4 is 15.4 Å². The lowest BCUT2D eigenvalue weighted by Gasteiger charge is -2.23. The number of imidazole rings is 2. The number of nitrogens with zero attached hydrogens (tertiary/aromatic N) is 10. The zero-order valence-corrected chi connectivity index (χ0v) is 44.1. The van der Waals surface area contributed by atoms with Crippen LogP contribution in [0, 0.1) is 16.0 Å². The normalized spacial score (nSPS) is 21.2. The van der Waals surface area contributed by atoms with Crippen molar-refractivity contribution in [1.82, 2.24) is 39.0 Å². The van der Waals surface area contributed by atoms with Crippen molar-refractivity contribution in [2.75, 3.05) is 44.7 Å². The van der Waals surface area contributed by atoms with Gasteiger partial charge in [0.25, 0.3) is 17.6 Å². The number of nitrogen functional groups attached to an aromatic ring is 1. The highest BCUT2D eigenvalue weighted by molar-refractivity contribution is 6.27. The van der Waals surface area contributed by atoms with Crippen molar-refractivity contribution in [3.63, 3.8) is 0 Å². The molecule has 0 bridgehead atoms. The van der Waals surface area contributed by atoms with Gasteiger partial charge in [0.1, 0.15) is 43.5 Å². The molecule has 2 aliphatic heterocycles. The monoisotopic (exact) mass is 1140 g/mol. The summed E-state index contributed by atoms with van der Waals surface area (Å²) in [6, 6.07) is 32.3. The first-order chi connectivity index (χ1) is 39.9. The zero-order valence-electron chi connectivity index (χ0n) is 44.1. The molecule has 83 heavy (non-hydrogen) atoms. The Morgan fingerprint density at radius 3 is 1.72 bits per heavy atom. The third-order valence-corrected chi connectivity index (χ3v) is 14.1. The second-order valence-corrected chi connectivity index (χ2v) is 19.2. The number of carbonyl (C=O) groups is 4. The van der Waals surface area contributed by atoms with E-state index in [2.05, 4.69) is 29.9 Å². The Labute approximate surface area is 473 Å². The van der Waals surface area contributed by atoms with Gasteiger partial charge in [0.15, 0.2) is 41.1 Å². The van der Waals surface area contributed by atoms with Gasteiger partial charge in [-0.15, -0.1) is 0 Å². The molecule has 26 heteroatoms. The number of nitrogens with two attached hydrogens (primary N) is 1. The molecule has 1 aliphatic carbocycles. The van der Waals surface area contributed by atoms with Crippen LogP contribution in [0.25, 0.3) is 22.3 Å². The number of aromatic nitrogens is 8. The number of esters is 2. The van der Waals surface area contributed by atoms with E-state index in [4.69, 9.17) is 38.9 Å². The van der Waals surface area contributed by atoms with Crippen molar-refractivity contribution in [1.29, 1.82) is 0 Å². The van der Waals surface area contributed by atoms with Gasteiger partial charge in [0, 0.05) is 25.3 Å². The summed E-state index contributed by atoms with van der Waals surface area (Å²) in [5, 5.41) is 32.0. The molecule has 2 amide bonds. The number of hydrogen-bond acceptors (Lipinski definition) is 22. The predicted octanol–water partition coefficient (Wildman–Crippen LogP) is 6.10. The Bertz CT molecular complexity index is 3500. The average Bonchev–Trinajstić information content (AvgIpc) is 2.93. The van der Waals surface area contributed by atoms with Crippen LogP contribution >= 0.6 is 0 Å². The molecule has 2 saturated heterocycles. The van der Waals surface area contributed by atoms with Gasteiger partial charge in [-0.1, -0.05) is 93.1 Å². The molecule has 6 heterocycles. The second-order valence-electron chi connectivity index (χ2n) is 19.2. The Kier molecular flexibility index (Phi) is 18.4. The van der Waals surface area contributed by atoms with Crippen molar-refractivity contribution >= 4 is 63.7 Å². The molecule has 0 unspecified atom stereocenters. The summed E-state index contributed by atoms with van der Waals surface area (Å²) >= 11 is 0. The van der Waals surface area contributed by atoms with Gasteiger partial charge >= 0.3 is 23.9 Å². The fourth-order valence-corrected chi connectivity index (χ4v) is 9.94. The molecule has 4 aromatic carbocycles. The molecule has 0 spiro atoms. The SMILES string of the molecule is C.CO[C@@H]1[C@H](O)[C@@H](CO)O[C@H]1n1cnc2c(N)nc(OCC3CCCC3)nc21.CO[C@@H]1[C@H](OC(=O)c2ccccc2)[C@@H](COC(=O)c2ccccc2)O[C@H]1n1cnc2c(N(C(=O)c3ccccc3)C(=O)c3ccccc3)nc([N+](=O)[O-])nc21. The lowest BCUT2D eigenvalue weighted by molar-refractivity contribution is -0.394. The first-order valence-corrected chi connectivity index (χ1v) is 26.0. The second kappa shape index (κ2) is 26.2. The van der Waals surface area contributed by atoms with E-state index in [1.165, 1.54) is 68.5 Å². The minimum absolute atomic E-state index is 0. The molecule has 3 aliphatic rings. The lowest BCUT2D eigenvalue weighted by Crippen LogP contribution is -2.39. The summed E-state index contributed by atoms with van der Waals surface area (Å²) in [5.74, 6) is -3.74. The van der Waals surface area contributed by atoms with Gasteiger partial charge in [-0.3, -0.25) is 18.7 Å². The predicted molar refractivity (Wildman–Crippen MR) is 295 cm³/mol. The van der Waals surface area contributed by atoms with Crippen LogP contribution in [-0.2, 0) is 28.4 Å². The van der Waals surface area contributed by atoms with E-state index >= 15 is 0 Å². The van der Waals surface area contributed by atoms with Gasteiger partial charge in [-0.05, 0) is 82.2 Å². The number of fused-ring (bicyclic) bond motifs is 2.